The molecule has 0 aromatic carbocycles. The van der Waals surface area contributed by atoms with Gasteiger partial charge in [0.25, 0.3) is 0 Å². The summed E-state index contributed by atoms with van der Waals surface area (Å²) in [5.41, 5.74) is 0. The van der Waals surface area contributed by atoms with E-state index < -0.39 is 0 Å². The second-order valence-corrected chi connectivity index (χ2v) is 5.30. The van der Waals surface area contributed by atoms with Crippen LogP contribution in [0, 0.1) is 0 Å². The van der Waals surface area contributed by atoms with Gasteiger partial charge in [-0.2, -0.15) is 0 Å². The zero-order chi connectivity index (χ0) is 12.1. The van der Waals surface area contributed by atoms with Crippen LogP contribution in [0.2, 0.25) is 0 Å². The normalized spacial score (nSPS) is 27.1. The Kier molecular flexibility index (Phi) is 4.80. The highest BCUT2D eigenvalue weighted by atomic mass is 16.2. The molecule has 98 valence electrons. The Morgan fingerprint density at radius 3 is 2.47 bits per heavy atom. The van der Waals surface area contributed by atoms with Crippen LogP contribution >= 0.6 is 0 Å². The van der Waals surface area contributed by atoms with Gasteiger partial charge in [-0.3, -0.25) is 9.69 Å². The third-order valence-corrected chi connectivity index (χ3v) is 4.00. The Balaban J connectivity index is 1.76. The van der Waals surface area contributed by atoms with Crippen LogP contribution in [0.5, 0.6) is 0 Å². The van der Waals surface area contributed by atoms with Crippen molar-refractivity contribution in [1.29, 1.82) is 0 Å². The van der Waals surface area contributed by atoms with Gasteiger partial charge in [0.2, 0.25) is 5.91 Å². The lowest BCUT2D eigenvalue weighted by Crippen LogP contribution is -2.41. The minimum atomic E-state index is 0.337. The molecule has 1 atom stereocenters. The maximum atomic E-state index is 12.2. The summed E-state index contributed by atoms with van der Waals surface area (Å²) in [6.07, 6.45) is 6.12. The van der Waals surface area contributed by atoms with E-state index in [1.807, 2.05) is 7.05 Å². The maximum Gasteiger partial charge on any atom is 0.236 e. The predicted octanol–water partition coefficient (Wildman–Crippen LogP) is 0.683. The van der Waals surface area contributed by atoms with E-state index >= 15 is 0 Å². The monoisotopic (exact) mass is 239 g/mol. The van der Waals surface area contributed by atoms with Crippen molar-refractivity contribution in [3.05, 3.63) is 0 Å². The van der Waals surface area contributed by atoms with Crippen LogP contribution in [0.4, 0.5) is 0 Å². The Hall–Kier alpha value is -0.610. The number of nitrogens with zero attached hydrogens (tertiary/aromatic N) is 2. The Labute approximate surface area is 104 Å². The number of likely N-dealkylation sites (N-methyl/N-ethyl adjacent to an activating group) is 1. The zero-order valence-corrected chi connectivity index (χ0v) is 11.0. The lowest BCUT2D eigenvalue weighted by atomic mass is 10.2. The number of hydrogen-bond donors (Lipinski definition) is 1. The van der Waals surface area contributed by atoms with Crippen molar-refractivity contribution in [1.82, 2.24) is 15.1 Å². The summed E-state index contributed by atoms with van der Waals surface area (Å²) in [5, 5.41) is 3.29. The van der Waals surface area contributed by atoms with Crippen molar-refractivity contribution < 1.29 is 4.79 Å². The molecule has 0 aliphatic carbocycles. The summed E-state index contributed by atoms with van der Waals surface area (Å²) in [6.45, 7) is 4.66. The van der Waals surface area contributed by atoms with E-state index in [0.29, 0.717) is 18.5 Å². The van der Waals surface area contributed by atoms with Crippen molar-refractivity contribution in [2.24, 2.45) is 0 Å². The standard InChI is InChI=1S/C13H25N3O/c1-14-12-6-9-15(10-12)11-13(17)16-7-4-2-3-5-8-16/h12,14H,2-11H2,1H3. The number of amides is 1. The van der Waals surface area contributed by atoms with Crippen LogP contribution in [0.1, 0.15) is 32.1 Å². The molecule has 17 heavy (non-hydrogen) atoms. The molecular formula is C13H25N3O. The summed E-state index contributed by atoms with van der Waals surface area (Å²) >= 11 is 0. The van der Waals surface area contributed by atoms with Crippen molar-refractivity contribution in [3.8, 4) is 0 Å². The van der Waals surface area contributed by atoms with Crippen LogP contribution in [-0.2, 0) is 4.79 Å². The number of nitrogens with one attached hydrogen (secondary N) is 1. The summed E-state index contributed by atoms with van der Waals surface area (Å²) < 4.78 is 0. The molecule has 2 saturated heterocycles. The molecule has 2 fully saturated rings. The maximum absolute atomic E-state index is 12.2. The highest BCUT2D eigenvalue weighted by Gasteiger charge is 2.24. The molecule has 0 aromatic rings. The van der Waals surface area contributed by atoms with E-state index in [9.17, 15) is 4.79 Å². The van der Waals surface area contributed by atoms with Crippen LogP contribution in [0.25, 0.3) is 0 Å². The molecule has 2 aliphatic rings. The van der Waals surface area contributed by atoms with Gasteiger partial charge in [0.05, 0.1) is 6.54 Å². The Morgan fingerprint density at radius 1 is 1.18 bits per heavy atom. The smallest absolute Gasteiger partial charge is 0.236 e. The van der Waals surface area contributed by atoms with Gasteiger partial charge >= 0.3 is 0 Å². The molecular weight excluding hydrogens is 214 g/mol. The molecule has 2 rings (SSSR count). The fourth-order valence-corrected chi connectivity index (χ4v) is 2.82. The minimum absolute atomic E-state index is 0.337. The number of likely N-dealkylation sites (tertiary alicyclic amines) is 2. The fourth-order valence-electron chi connectivity index (χ4n) is 2.82. The van der Waals surface area contributed by atoms with Gasteiger partial charge in [-0.15, -0.1) is 0 Å². The van der Waals surface area contributed by atoms with Gasteiger partial charge in [-0.25, -0.2) is 0 Å². The Morgan fingerprint density at radius 2 is 1.88 bits per heavy atom. The van der Waals surface area contributed by atoms with Gasteiger partial charge in [0, 0.05) is 32.2 Å². The molecule has 2 aliphatic heterocycles. The molecule has 0 spiro atoms. The van der Waals surface area contributed by atoms with Crippen molar-refractivity contribution in [2.75, 3.05) is 39.8 Å². The van der Waals surface area contributed by atoms with Gasteiger partial charge in [-0.1, -0.05) is 12.8 Å². The summed E-state index contributed by atoms with van der Waals surface area (Å²) in [5.74, 6) is 0.337. The first-order valence-corrected chi connectivity index (χ1v) is 6.97. The predicted molar refractivity (Wildman–Crippen MR) is 69.0 cm³/mol. The number of hydrogen-bond acceptors (Lipinski definition) is 3. The first-order chi connectivity index (χ1) is 8.29. The van der Waals surface area contributed by atoms with Gasteiger partial charge in [-0.05, 0) is 26.3 Å². The lowest BCUT2D eigenvalue weighted by Gasteiger charge is -2.23. The van der Waals surface area contributed by atoms with E-state index in [0.717, 1.165) is 26.2 Å². The topological polar surface area (TPSA) is 35.6 Å². The van der Waals surface area contributed by atoms with Crippen LogP contribution in [-0.4, -0.2) is 61.5 Å². The van der Waals surface area contributed by atoms with E-state index in [-0.39, 0.29) is 0 Å². The number of rotatable bonds is 3. The highest BCUT2D eigenvalue weighted by molar-refractivity contribution is 5.78. The molecule has 2 heterocycles. The van der Waals surface area contributed by atoms with E-state index in [1.54, 1.807) is 0 Å². The Bertz CT molecular complexity index is 249. The van der Waals surface area contributed by atoms with Crippen molar-refractivity contribution in [2.45, 2.75) is 38.1 Å². The fraction of sp³-hybridized carbons (Fsp3) is 0.923. The molecule has 4 heteroatoms. The van der Waals surface area contributed by atoms with Gasteiger partial charge in [0.15, 0.2) is 0 Å². The third-order valence-electron chi connectivity index (χ3n) is 4.00. The highest BCUT2D eigenvalue weighted by Crippen LogP contribution is 2.12. The number of carbonyl (C=O) groups excluding carboxylic acids is 1. The molecule has 1 amide bonds. The zero-order valence-electron chi connectivity index (χ0n) is 11.0. The molecule has 0 bridgehead atoms. The van der Waals surface area contributed by atoms with E-state index in [4.69, 9.17) is 0 Å². The van der Waals surface area contributed by atoms with Crippen molar-refractivity contribution in [3.63, 3.8) is 0 Å². The minimum Gasteiger partial charge on any atom is -0.342 e. The number of carbonyl (C=O) groups is 1. The first-order valence-electron chi connectivity index (χ1n) is 6.97. The van der Waals surface area contributed by atoms with Crippen LogP contribution in [0.15, 0.2) is 0 Å². The lowest BCUT2D eigenvalue weighted by molar-refractivity contribution is -0.132. The second-order valence-electron chi connectivity index (χ2n) is 5.30. The second kappa shape index (κ2) is 6.36. The third kappa shape index (κ3) is 3.68. The summed E-state index contributed by atoms with van der Waals surface area (Å²) in [6, 6.07) is 0.576. The van der Waals surface area contributed by atoms with Gasteiger partial charge < -0.3 is 10.2 Å². The summed E-state index contributed by atoms with van der Waals surface area (Å²) in [7, 11) is 2.00. The van der Waals surface area contributed by atoms with E-state index in [2.05, 4.69) is 15.1 Å². The molecule has 0 saturated carbocycles. The average molecular weight is 239 g/mol. The summed E-state index contributed by atoms with van der Waals surface area (Å²) in [4.78, 5) is 16.5. The molecule has 0 radical (unpaired) electrons. The molecule has 1 N–H and O–H groups in total. The quantitative estimate of drug-likeness (QED) is 0.787. The van der Waals surface area contributed by atoms with Crippen LogP contribution in [0.3, 0.4) is 0 Å². The molecule has 4 nitrogen and oxygen atoms in total. The average Bonchev–Trinajstić information content (AvgIpc) is 2.62. The van der Waals surface area contributed by atoms with Crippen LogP contribution < -0.4 is 5.32 Å². The SMILES string of the molecule is CNC1CCN(CC(=O)N2CCCCCC2)C1. The van der Waals surface area contributed by atoms with Crippen molar-refractivity contribution >= 4 is 5.91 Å². The van der Waals surface area contributed by atoms with Gasteiger partial charge in [0.1, 0.15) is 0 Å². The van der Waals surface area contributed by atoms with E-state index in [1.165, 1.54) is 32.1 Å². The molecule has 0 aromatic heterocycles. The first kappa shape index (κ1) is 12.8. The molecule has 1 unspecified atom stereocenters. The largest absolute Gasteiger partial charge is 0.342 e.